The van der Waals surface area contributed by atoms with Crippen LogP contribution in [0, 0.1) is 17.8 Å². The van der Waals surface area contributed by atoms with E-state index < -0.39 is 102 Å². The van der Waals surface area contributed by atoms with Crippen LogP contribution in [-0.2, 0) is 42.7 Å². The van der Waals surface area contributed by atoms with E-state index in [0.717, 1.165) is 12.8 Å². The molecule has 0 unspecified atom stereocenters. The summed E-state index contributed by atoms with van der Waals surface area (Å²) >= 11 is 0. The van der Waals surface area contributed by atoms with Gasteiger partial charge in [-0.25, -0.2) is 0 Å². The molecular formula is C45H83N3O13. The zero-order valence-corrected chi connectivity index (χ0v) is 39.7. The van der Waals surface area contributed by atoms with Crippen LogP contribution in [0.25, 0.3) is 0 Å². The van der Waals surface area contributed by atoms with Crippen LogP contribution < -0.4 is 5.32 Å². The summed E-state index contributed by atoms with van der Waals surface area (Å²) in [6.45, 7) is 18.7. The number of esters is 2. The Kier molecular flexibility index (Phi) is 18.5. The number of cyclic esters (lactones) is 1. The van der Waals surface area contributed by atoms with Gasteiger partial charge in [-0.3, -0.25) is 14.5 Å². The van der Waals surface area contributed by atoms with Crippen molar-refractivity contribution >= 4 is 11.9 Å². The SMILES string of the molecule is CC[C@H]1OC(=O)[C@H](C)[C@@H](O[C@H]2C[C@@](C)(OC)[C@@H](O)[C@H](C)O2)[C@H](C)[C@@H](O[C@@H]2O[C@H](C)C[C@H](N(C)C)[C@H]2O)[C@@](C)(O)C[C@@H](C)CN(C)[C@H](C)[C@@H](OC(=O)CCNC2CCC2)[C@]1(C)O. The van der Waals surface area contributed by atoms with Crippen molar-refractivity contribution in [1.29, 1.82) is 0 Å². The Bertz CT molecular complexity index is 1400. The highest BCUT2D eigenvalue weighted by Crippen LogP contribution is 2.40. The van der Waals surface area contributed by atoms with E-state index in [-0.39, 0.29) is 43.7 Å². The molecule has 3 heterocycles. The standard InChI is InChI=1S/C45H83N3O13/c1-15-33-45(10,54)40(59-34(49)19-20-46-31-17-16-18-31)29(6)48(13)24-25(2)22-43(8,53)39(61-42-36(50)32(47(11)12)21-26(3)56-42)27(4)37(28(5)41(52)58-33)60-35-23-44(9,55-14)38(51)30(7)57-35/h25-33,35-40,42,46,50-51,53-54H,15-24H2,1-14H3/t25-,26-,27+,28-,29-,30+,32+,33-,35+,36-,37+,38+,39-,40-,42+,43+,44-,45-/m1/s1. The van der Waals surface area contributed by atoms with Gasteiger partial charge >= 0.3 is 11.9 Å². The highest BCUT2D eigenvalue weighted by atomic mass is 16.7. The second-order valence-corrected chi connectivity index (χ2v) is 20.0. The Labute approximate surface area is 365 Å². The van der Waals surface area contributed by atoms with E-state index in [2.05, 4.69) is 5.32 Å². The number of carbonyl (C=O) groups excluding carboxylic acids is 2. The molecule has 3 saturated heterocycles. The molecule has 4 fully saturated rings. The van der Waals surface area contributed by atoms with E-state index in [4.69, 9.17) is 33.2 Å². The second kappa shape index (κ2) is 21.6. The van der Waals surface area contributed by atoms with Gasteiger partial charge in [0.2, 0.25) is 0 Å². The van der Waals surface area contributed by atoms with Gasteiger partial charge in [0.1, 0.15) is 30.0 Å². The van der Waals surface area contributed by atoms with Crippen LogP contribution in [0.15, 0.2) is 0 Å². The molecule has 1 aliphatic carbocycles. The summed E-state index contributed by atoms with van der Waals surface area (Å²) < 4.78 is 44.3. The minimum Gasteiger partial charge on any atom is -0.459 e. The Morgan fingerprint density at radius 3 is 2.21 bits per heavy atom. The van der Waals surface area contributed by atoms with Gasteiger partial charge in [-0.05, 0) is 108 Å². The first-order chi connectivity index (χ1) is 28.4. The average molecular weight is 874 g/mol. The number of ether oxygens (including phenoxy) is 7. The number of nitrogens with zero attached hydrogens (tertiary/aromatic N) is 2. The van der Waals surface area contributed by atoms with Gasteiger partial charge in [0, 0.05) is 50.7 Å². The minimum atomic E-state index is -1.83. The Morgan fingerprint density at radius 1 is 0.984 bits per heavy atom. The third-order valence-electron chi connectivity index (χ3n) is 14.3. The summed E-state index contributed by atoms with van der Waals surface area (Å²) in [7, 11) is 7.16. The molecule has 4 aliphatic rings. The number of methoxy groups -OCH3 is 1. The van der Waals surface area contributed by atoms with Crippen molar-refractivity contribution in [3.05, 3.63) is 0 Å². The largest absolute Gasteiger partial charge is 0.459 e. The van der Waals surface area contributed by atoms with E-state index >= 15 is 0 Å². The maximum Gasteiger partial charge on any atom is 0.311 e. The van der Waals surface area contributed by atoms with Crippen LogP contribution in [0.1, 0.15) is 121 Å². The molecule has 18 atom stereocenters. The maximum absolute atomic E-state index is 14.6. The van der Waals surface area contributed by atoms with Crippen molar-refractivity contribution in [2.75, 3.05) is 41.3 Å². The van der Waals surface area contributed by atoms with Crippen molar-refractivity contribution < 1.29 is 63.2 Å². The summed E-state index contributed by atoms with van der Waals surface area (Å²) in [6.07, 6.45) is -4.91. The molecule has 0 aromatic carbocycles. The van der Waals surface area contributed by atoms with Crippen molar-refractivity contribution in [3.8, 4) is 0 Å². The quantitative estimate of drug-likeness (QED) is 0.179. The number of nitrogens with one attached hydrogen (secondary N) is 1. The van der Waals surface area contributed by atoms with Crippen molar-refractivity contribution in [2.45, 2.75) is 217 Å². The molecule has 0 radical (unpaired) electrons. The summed E-state index contributed by atoms with van der Waals surface area (Å²) in [6, 6.07) is -0.441. The fraction of sp³-hybridized carbons (Fsp3) is 0.956. The summed E-state index contributed by atoms with van der Waals surface area (Å²) in [5.41, 5.74) is -4.47. The fourth-order valence-electron chi connectivity index (χ4n) is 10.1. The predicted octanol–water partition coefficient (Wildman–Crippen LogP) is 2.98. The first-order valence-electron chi connectivity index (χ1n) is 22.8. The van der Waals surface area contributed by atoms with Crippen LogP contribution >= 0.6 is 0 Å². The first kappa shape index (κ1) is 52.1. The average Bonchev–Trinajstić information content (AvgIpc) is 3.16. The monoisotopic (exact) mass is 874 g/mol. The van der Waals surface area contributed by atoms with Gasteiger partial charge in [0.15, 0.2) is 12.6 Å². The molecule has 61 heavy (non-hydrogen) atoms. The maximum atomic E-state index is 14.6. The third-order valence-corrected chi connectivity index (χ3v) is 14.3. The Morgan fingerprint density at radius 2 is 1.64 bits per heavy atom. The van der Waals surface area contributed by atoms with Crippen LogP contribution in [-0.4, -0.2) is 180 Å². The van der Waals surface area contributed by atoms with Crippen LogP contribution in [0.2, 0.25) is 0 Å². The van der Waals surface area contributed by atoms with Gasteiger partial charge in [0.25, 0.3) is 0 Å². The van der Waals surface area contributed by atoms with Gasteiger partial charge in [-0.2, -0.15) is 0 Å². The highest BCUT2D eigenvalue weighted by molar-refractivity contribution is 5.73. The Balaban J connectivity index is 1.78. The molecule has 16 heteroatoms. The molecule has 3 aliphatic heterocycles. The zero-order valence-electron chi connectivity index (χ0n) is 39.7. The van der Waals surface area contributed by atoms with E-state index in [9.17, 15) is 30.0 Å². The fourth-order valence-corrected chi connectivity index (χ4v) is 10.1. The molecular weight excluding hydrogens is 791 g/mol. The predicted molar refractivity (Wildman–Crippen MR) is 228 cm³/mol. The topological polar surface area (TPSA) is 198 Å². The molecule has 0 aromatic rings. The van der Waals surface area contributed by atoms with E-state index in [0.29, 0.717) is 25.6 Å². The van der Waals surface area contributed by atoms with Gasteiger partial charge in [0.05, 0.1) is 48.0 Å². The molecule has 5 N–H and O–H groups in total. The van der Waals surface area contributed by atoms with Crippen LogP contribution in [0.5, 0.6) is 0 Å². The number of carbonyl (C=O) groups is 2. The first-order valence-corrected chi connectivity index (χ1v) is 22.8. The van der Waals surface area contributed by atoms with E-state index in [1.807, 2.05) is 58.6 Å². The van der Waals surface area contributed by atoms with Crippen molar-refractivity contribution in [2.24, 2.45) is 17.8 Å². The second-order valence-electron chi connectivity index (χ2n) is 20.0. The van der Waals surface area contributed by atoms with Crippen LogP contribution in [0.4, 0.5) is 0 Å². The number of likely N-dealkylation sites (N-methyl/N-ethyl adjacent to an activating group) is 2. The zero-order chi connectivity index (χ0) is 45.8. The van der Waals surface area contributed by atoms with E-state index in [1.165, 1.54) is 13.5 Å². The van der Waals surface area contributed by atoms with Gasteiger partial charge in [-0.1, -0.05) is 27.2 Å². The lowest BCUT2D eigenvalue weighted by atomic mass is 9.77. The smallest absolute Gasteiger partial charge is 0.311 e. The highest BCUT2D eigenvalue weighted by Gasteiger charge is 2.53. The van der Waals surface area contributed by atoms with Gasteiger partial charge < -0.3 is 63.8 Å². The molecule has 16 nitrogen and oxygen atoms in total. The summed E-state index contributed by atoms with van der Waals surface area (Å²) in [5.74, 6) is -3.19. The molecule has 0 bridgehead atoms. The summed E-state index contributed by atoms with van der Waals surface area (Å²) in [5, 5.41) is 51.3. The molecule has 0 aromatic heterocycles. The molecule has 1 saturated carbocycles. The van der Waals surface area contributed by atoms with Crippen LogP contribution in [0.3, 0.4) is 0 Å². The molecule has 0 spiro atoms. The minimum absolute atomic E-state index is 0.110. The molecule has 0 amide bonds. The lowest BCUT2D eigenvalue weighted by Gasteiger charge is -2.48. The molecule has 4 rings (SSSR count). The van der Waals surface area contributed by atoms with Crippen molar-refractivity contribution in [1.82, 2.24) is 15.1 Å². The number of hydrogen-bond acceptors (Lipinski definition) is 16. The number of aliphatic hydroxyl groups excluding tert-OH is 2. The number of hydrogen-bond donors (Lipinski definition) is 5. The van der Waals surface area contributed by atoms with Crippen molar-refractivity contribution in [3.63, 3.8) is 0 Å². The lowest BCUT2D eigenvalue weighted by Crippen LogP contribution is -2.61. The van der Waals surface area contributed by atoms with Gasteiger partial charge in [-0.15, -0.1) is 0 Å². The molecule has 356 valence electrons. The third kappa shape index (κ3) is 12.6. The summed E-state index contributed by atoms with van der Waals surface area (Å²) in [4.78, 5) is 32.0. The Hall–Kier alpha value is -1.54. The normalized spacial score (nSPS) is 45.4. The lowest BCUT2D eigenvalue weighted by molar-refractivity contribution is -0.318. The number of rotatable bonds is 12. The van der Waals surface area contributed by atoms with E-state index in [1.54, 1.807) is 41.5 Å². The number of aliphatic hydroxyl groups is 4.